The molecule has 2 rings (SSSR count). The fourth-order valence-corrected chi connectivity index (χ4v) is 2.80. The average Bonchev–Trinajstić information content (AvgIpc) is 3.03. The molecule has 0 spiro atoms. The second-order valence-electron chi connectivity index (χ2n) is 5.81. The van der Waals surface area contributed by atoms with E-state index in [9.17, 15) is 9.90 Å². The maximum atomic E-state index is 10.3. The maximum absolute atomic E-state index is 10.3. The third-order valence-electron chi connectivity index (χ3n) is 4.03. The van der Waals surface area contributed by atoms with Gasteiger partial charge in [0.15, 0.2) is 0 Å². The van der Waals surface area contributed by atoms with Crippen LogP contribution in [0, 0.1) is 5.92 Å². The Hall–Kier alpha value is -1.85. The lowest BCUT2D eigenvalue weighted by Gasteiger charge is -2.23. The number of aromatic nitrogens is 2. The third kappa shape index (κ3) is 5.87. The van der Waals surface area contributed by atoms with E-state index in [4.69, 9.17) is 4.84 Å². The first-order valence-electron chi connectivity index (χ1n) is 8.10. The van der Waals surface area contributed by atoms with Crippen LogP contribution < -0.4 is 5.11 Å². The minimum Gasteiger partial charge on any atom is -0.550 e. The summed E-state index contributed by atoms with van der Waals surface area (Å²) in [6.45, 7) is 1.16. The molecule has 1 aliphatic rings. The monoisotopic (exact) mass is 306 g/mol. The van der Waals surface area contributed by atoms with E-state index < -0.39 is 5.97 Å². The minimum absolute atomic E-state index is 0.0809. The quantitative estimate of drug-likeness (QED) is 0.395. The SMILES string of the molecule is O=C([O-])CCCCO/N=C(/Cn1ccnc1)C1CCCCC1. The normalized spacial score (nSPS) is 16.6. The van der Waals surface area contributed by atoms with Gasteiger partial charge < -0.3 is 19.3 Å². The van der Waals surface area contributed by atoms with Gasteiger partial charge >= 0.3 is 0 Å². The lowest BCUT2D eigenvalue weighted by atomic mass is 9.86. The van der Waals surface area contributed by atoms with Gasteiger partial charge in [0.05, 0.1) is 18.6 Å². The second-order valence-corrected chi connectivity index (χ2v) is 5.81. The molecule has 1 saturated carbocycles. The zero-order chi connectivity index (χ0) is 15.6. The average molecular weight is 306 g/mol. The number of hydrogen-bond acceptors (Lipinski definition) is 5. The number of unbranched alkanes of at least 4 members (excludes halogenated alkanes) is 1. The van der Waals surface area contributed by atoms with E-state index in [2.05, 4.69) is 10.1 Å². The zero-order valence-corrected chi connectivity index (χ0v) is 12.9. The van der Waals surface area contributed by atoms with Crippen LogP contribution in [-0.2, 0) is 16.2 Å². The van der Waals surface area contributed by atoms with Crippen LogP contribution in [0.4, 0.5) is 0 Å². The Morgan fingerprint density at radius 2 is 2.14 bits per heavy atom. The fraction of sp³-hybridized carbons (Fsp3) is 0.688. The number of carboxylic acid groups (broad SMARTS) is 1. The molecule has 0 bridgehead atoms. The summed E-state index contributed by atoms with van der Waals surface area (Å²) in [6, 6.07) is 0. The van der Waals surface area contributed by atoms with Crippen molar-refractivity contribution in [3.8, 4) is 0 Å². The van der Waals surface area contributed by atoms with Crippen LogP contribution in [0.15, 0.2) is 23.9 Å². The third-order valence-corrected chi connectivity index (χ3v) is 4.03. The molecule has 0 unspecified atom stereocenters. The molecule has 1 aromatic rings. The molecular formula is C16H24N3O3-. The van der Waals surface area contributed by atoms with Gasteiger partial charge in [0.25, 0.3) is 0 Å². The molecule has 22 heavy (non-hydrogen) atoms. The van der Waals surface area contributed by atoms with E-state index in [1.807, 2.05) is 10.8 Å². The first-order chi connectivity index (χ1) is 10.8. The topological polar surface area (TPSA) is 79.5 Å². The smallest absolute Gasteiger partial charge is 0.117 e. The number of nitrogens with zero attached hydrogens (tertiary/aromatic N) is 3. The van der Waals surface area contributed by atoms with E-state index in [1.165, 1.54) is 32.1 Å². The highest BCUT2D eigenvalue weighted by Crippen LogP contribution is 2.25. The highest BCUT2D eigenvalue weighted by molar-refractivity contribution is 5.86. The number of oxime groups is 1. The van der Waals surface area contributed by atoms with Gasteiger partial charge in [0.2, 0.25) is 0 Å². The Morgan fingerprint density at radius 1 is 1.32 bits per heavy atom. The first kappa shape index (κ1) is 16.5. The molecule has 0 aromatic carbocycles. The molecule has 1 aliphatic carbocycles. The molecule has 1 aromatic heterocycles. The first-order valence-corrected chi connectivity index (χ1v) is 8.10. The van der Waals surface area contributed by atoms with Crippen molar-refractivity contribution in [2.24, 2.45) is 11.1 Å². The predicted octanol–water partition coefficient (Wildman–Crippen LogP) is 1.76. The van der Waals surface area contributed by atoms with Gasteiger partial charge in [0.1, 0.15) is 6.61 Å². The summed E-state index contributed by atoms with van der Waals surface area (Å²) < 4.78 is 2.01. The lowest BCUT2D eigenvalue weighted by molar-refractivity contribution is -0.305. The van der Waals surface area contributed by atoms with Crippen LogP contribution in [0.3, 0.4) is 0 Å². The highest BCUT2D eigenvalue weighted by Gasteiger charge is 2.20. The predicted molar refractivity (Wildman–Crippen MR) is 81.0 cm³/mol. The number of carbonyl (C=O) groups is 1. The minimum atomic E-state index is -1.01. The maximum Gasteiger partial charge on any atom is 0.117 e. The van der Waals surface area contributed by atoms with Crippen molar-refractivity contribution in [3.05, 3.63) is 18.7 Å². The highest BCUT2D eigenvalue weighted by atomic mass is 16.6. The summed E-state index contributed by atoms with van der Waals surface area (Å²) >= 11 is 0. The summed E-state index contributed by atoms with van der Waals surface area (Å²) in [5, 5.41) is 14.7. The molecule has 0 radical (unpaired) electrons. The molecule has 0 N–H and O–H groups in total. The molecule has 0 aliphatic heterocycles. The number of rotatable bonds is 9. The van der Waals surface area contributed by atoms with Crippen molar-refractivity contribution >= 4 is 11.7 Å². The van der Waals surface area contributed by atoms with Crippen molar-refractivity contribution < 1.29 is 14.7 Å². The van der Waals surface area contributed by atoms with Gasteiger partial charge in [-0.3, -0.25) is 0 Å². The summed E-state index contributed by atoms with van der Waals surface area (Å²) in [6.07, 6.45) is 13.0. The zero-order valence-electron chi connectivity index (χ0n) is 12.9. The van der Waals surface area contributed by atoms with Crippen LogP contribution in [0.5, 0.6) is 0 Å². The number of imidazole rings is 1. The van der Waals surface area contributed by atoms with Crippen molar-refractivity contribution in [1.82, 2.24) is 9.55 Å². The van der Waals surface area contributed by atoms with Gasteiger partial charge in [-0.2, -0.15) is 0 Å². The molecule has 6 nitrogen and oxygen atoms in total. The molecule has 0 atom stereocenters. The number of carbonyl (C=O) groups excluding carboxylic acids is 1. The van der Waals surface area contributed by atoms with E-state index in [-0.39, 0.29) is 6.42 Å². The Morgan fingerprint density at radius 3 is 2.82 bits per heavy atom. The van der Waals surface area contributed by atoms with Crippen molar-refractivity contribution in [2.45, 2.75) is 57.9 Å². The van der Waals surface area contributed by atoms with E-state index in [0.717, 1.165) is 5.71 Å². The molecule has 0 amide bonds. The summed E-state index contributed by atoms with van der Waals surface area (Å²) in [5.74, 6) is -0.522. The molecule has 6 heteroatoms. The molecule has 122 valence electrons. The van der Waals surface area contributed by atoms with Gasteiger partial charge in [-0.15, -0.1) is 0 Å². The van der Waals surface area contributed by atoms with Crippen molar-refractivity contribution in [3.63, 3.8) is 0 Å². The fourth-order valence-electron chi connectivity index (χ4n) is 2.80. The standard InChI is InChI=1S/C16H25N3O3/c20-16(21)8-4-5-11-22-18-15(12-19-10-9-17-13-19)14-6-2-1-3-7-14/h9-10,13-14H,1-8,11-12H2,(H,20,21)/p-1/b18-15-. The molecule has 1 fully saturated rings. The van der Waals surface area contributed by atoms with Crippen LogP contribution in [0.1, 0.15) is 51.4 Å². The van der Waals surface area contributed by atoms with Crippen LogP contribution in [-0.4, -0.2) is 27.8 Å². The summed E-state index contributed by atoms with van der Waals surface area (Å²) in [4.78, 5) is 19.8. The molecule has 0 saturated heterocycles. The van der Waals surface area contributed by atoms with Crippen LogP contribution in [0.25, 0.3) is 0 Å². The van der Waals surface area contributed by atoms with Crippen LogP contribution >= 0.6 is 0 Å². The molecular weight excluding hydrogens is 282 g/mol. The number of hydrogen-bond donors (Lipinski definition) is 0. The van der Waals surface area contributed by atoms with Gasteiger partial charge in [0, 0.05) is 24.3 Å². The summed E-state index contributed by atoms with van der Waals surface area (Å²) in [5.41, 5.74) is 1.07. The van der Waals surface area contributed by atoms with Crippen LogP contribution in [0.2, 0.25) is 0 Å². The molecule has 1 heterocycles. The van der Waals surface area contributed by atoms with E-state index >= 15 is 0 Å². The van der Waals surface area contributed by atoms with Crippen molar-refractivity contribution in [1.29, 1.82) is 0 Å². The van der Waals surface area contributed by atoms with Gasteiger partial charge in [-0.25, -0.2) is 4.98 Å². The van der Waals surface area contributed by atoms with E-state index in [1.54, 1.807) is 12.5 Å². The van der Waals surface area contributed by atoms with Crippen molar-refractivity contribution in [2.75, 3.05) is 6.61 Å². The Kier molecular flexibility index (Phi) is 6.93. The van der Waals surface area contributed by atoms with E-state index in [0.29, 0.717) is 31.9 Å². The largest absolute Gasteiger partial charge is 0.550 e. The van der Waals surface area contributed by atoms with Gasteiger partial charge in [-0.05, 0) is 32.1 Å². The number of aliphatic carboxylic acids is 1. The van der Waals surface area contributed by atoms with Gasteiger partial charge in [-0.1, -0.05) is 24.4 Å². The number of carboxylic acids is 1. The Balaban J connectivity index is 1.82. The summed E-state index contributed by atoms with van der Waals surface area (Å²) in [7, 11) is 0. The Labute approximate surface area is 131 Å². The second kappa shape index (κ2) is 9.23. The lowest BCUT2D eigenvalue weighted by Crippen LogP contribution is -2.23. The Bertz CT molecular complexity index is 465.